The minimum atomic E-state index is -0.682. The highest BCUT2D eigenvalue weighted by atomic mass is 19.1. The molecule has 0 fully saturated rings. The maximum atomic E-state index is 13.9. The van der Waals surface area contributed by atoms with E-state index in [2.05, 4.69) is 15.3 Å². The standard InChI is InChI=1S/C21H20F2N4O2/c1-28-17-10-13-7-9-27(12-14(13)11-18(17)29-2)21-24-8-6-19(26-21)25-20-15(22)4-3-5-16(20)23/h3-6,8,10-11H,7,9,12H2,1-2H3,(H,24,25,26). The van der Waals surface area contributed by atoms with Gasteiger partial charge in [0.25, 0.3) is 0 Å². The van der Waals surface area contributed by atoms with Crippen molar-refractivity contribution in [3.8, 4) is 11.5 Å². The summed E-state index contributed by atoms with van der Waals surface area (Å²) in [5.74, 6) is 0.800. The number of aromatic nitrogens is 2. The summed E-state index contributed by atoms with van der Waals surface area (Å²) in [5, 5.41) is 2.71. The topological polar surface area (TPSA) is 59.5 Å². The quantitative estimate of drug-likeness (QED) is 0.699. The molecule has 0 unspecified atom stereocenters. The maximum absolute atomic E-state index is 13.9. The van der Waals surface area contributed by atoms with E-state index in [0.717, 1.165) is 12.0 Å². The number of hydrogen-bond donors (Lipinski definition) is 1. The number of halogens is 2. The van der Waals surface area contributed by atoms with Crippen LogP contribution in [0.3, 0.4) is 0 Å². The van der Waals surface area contributed by atoms with E-state index in [-0.39, 0.29) is 5.69 Å². The normalized spacial score (nSPS) is 13.0. The van der Waals surface area contributed by atoms with Crippen molar-refractivity contribution in [2.45, 2.75) is 13.0 Å². The number of hydrogen-bond acceptors (Lipinski definition) is 6. The van der Waals surface area contributed by atoms with Crippen LogP contribution in [0.4, 0.5) is 26.2 Å². The number of anilines is 3. The average Bonchev–Trinajstić information content (AvgIpc) is 2.75. The molecule has 29 heavy (non-hydrogen) atoms. The van der Waals surface area contributed by atoms with Crippen LogP contribution in [0.15, 0.2) is 42.6 Å². The summed E-state index contributed by atoms with van der Waals surface area (Å²) >= 11 is 0. The lowest BCUT2D eigenvalue weighted by Crippen LogP contribution is -2.31. The van der Waals surface area contributed by atoms with Gasteiger partial charge in [-0.05, 0) is 47.9 Å². The van der Waals surface area contributed by atoms with E-state index in [1.807, 2.05) is 17.0 Å². The fourth-order valence-electron chi connectivity index (χ4n) is 3.37. The molecular formula is C21H20F2N4O2. The van der Waals surface area contributed by atoms with E-state index >= 15 is 0 Å². The summed E-state index contributed by atoms with van der Waals surface area (Å²) in [7, 11) is 3.22. The third-order valence-electron chi connectivity index (χ3n) is 4.86. The van der Waals surface area contributed by atoms with Crippen molar-refractivity contribution < 1.29 is 18.3 Å². The second-order valence-corrected chi connectivity index (χ2v) is 6.61. The molecule has 6 nitrogen and oxygen atoms in total. The molecule has 0 aliphatic carbocycles. The lowest BCUT2D eigenvalue weighted by atomic mass is 9.99. The fourth-order valence-corrected chi connectivity index (χ4v) is 3.37. The molecule has 3 aromatic rings. The molecule has 0 bridgehead atoms. The minimum Gasteiger partial charge on any atom is -0.493 e. The first-order valence-electron chi connectivity index (χ1n) is 9.12. The van der Waals surface area contributed by atoms with Crippen LogP contribution in [0.5, 0.6) is 11.5 Å². The van der Waals surface area contributed by atoms with Crippen molar-refractivity contribution in [2.24, 2.45) is 0 Å². The molecule has 0 spiro atoms. The summed E-state index contributed by atoms with van der Waals surface area (Å²) in [6.45, 7) is 1.30. The van der Waals surface area contributed by atoms with E-state index in [9.17, 15) is 8.78 Å². The van der Waals surface area contributed by atoms with Crippen molar-refractivity contribution in [3.63, 3.8) is 0 Å². The highest BCUT2D eigenvalue weighted by Gasteiger charge is 2.21. The Kier molecular flexibility index (Phi) is 5.16. The predicted molar refractivity (Wildman–Crippen MR) is 106 cm³/mol. The smallest absolute Gasteiger partial charge is 0.227 e. The van der Waals surface area contributed by atoms with E-state index in [0.29, 0.717) is 36.4 Å². The Balaban J connectivity index is 1.58. The Bertz CT molecular complexity index is 1020. The van der Waals surface area contributed by atoms with Crippen LogP contribution in [0.2, 0.25) is 0 Å². The summed E-state index contributed by atoms with van der Waals surface area (Å²) in [6.07, 6.45) is 2.35. The van der Waals surface area contributed by atoms with Gasteiger partial charge in [0, 0.05) is 19.3 Å². The van der Waals surface area contributed by atoms with Gasteiger partial charge in [-0.3, -0.25) is 0 Å². The molecule has 1 aliphatic rings. The largest absolute Gasteiger partial charge is 0.493 e. The third-order valence-corrected chi connectivity index (χ3v) is 4.86. The first kappa shape index (κ1) is 18.9. The first-order valence-corrected chi connectivity index (χ1v) is 9.12. The molecule has 8 heteroatoms. The van der Waals surface area contributed by atoms with Crippen molar-refractivity contribution >= 4 is 17.5 Å². The monoisotopic (exact) mass is 398 g/mol. The number of ether oxygens (including phenoxy) is 2. The van der Waals surface area contributed by atoms with Crippen LogP contribution < -0.4 is 19.7 Å². The van der Waals surface area contributed by atoms with Crippen molar-refractivity contribution in [1.82, 2.24) is 9.97 Å². The van der Waals surface area contributed by atoms with Gasteiger partial charge in [-0.15, -0.1) is 0 Å². The van der Waals surface area contributed by atoms with Gasteiger partial charge in [-0.2, -0.15) is 4.98 Å². The van der Waals surface area contributed by atoms with Gasteiger partial charge in [0.05, 0.1) is 14.2 Å². The molecule has 2 heterocycles. The summed E-state index contributed by atoms with van der Waals surface area (Å²) < 4.78 is 38.6. The number of nitrogens with one attached hydrogen (secondary N) is 1. The molecule has 2 aromatic carbocycles. The molecule has 0 saturated carbocycles. The average molecular weight is 398 g/mol. The molecule has 0 saturated heterocycles. The number of rotatable bonds is 5. The maximum Gasteiger partial charge on any atom is 0.227 e. The number of methoxy groups -OCH3 is 2. The van der Waals surface area contributed by atoms with E-state index in [1.54, 1.807) is 26.5 Å². The Morgan fingerprint density at radius 1 is 1.00 bits per heavy atom. The highest BCUT2D eigenvalue weighted by molar-refractivity contribution is 5.59. The molecule has 0 atom stereocenters. The zero-order valence-corrected chi connectivity index (χ0v) is 16.1. The van der Waals surface area contributed by atoms with Gasteiger partial charge < -0.3 is 19.7 Å². The Hall–Kier alpha value is -3.42. The molecule has 0 amide bonds. The second kappa shape index (κ2) is 7.90. The van der Waals surface area contributed by atoms with Crippen LogP contribution in [-0.4, -0.2) is 30.7 Å². The fraction of sp³-hybridized carbons (Fsp3) is 0.238. The number of benzene rings is 2. The number of para-hydroxylation sites is 1. The van der Waals surface area contributed by atoms with Gasteiger partial charge in [-0.1, -0.05) is 6.07 Å². The Morgan fingerprint density at radius 2 is 1.69 bits per heavy atom. The number of nitrogens with zero attached hydrogens (tertiary/aromatic N) is 3. The van der Waals surface area contributed by atoms with Gasteiger partial charge >= 0.3 is 0 Å². The SMILES string of the molecule is COc1cc2c(cc1OC)CN(c1nccc(Nc3c(F)cccc3F)n1)CC2. The molecule has 1 N–H and O–H groups in total. The van der Waals surface area contributed by atoms with E-state index in [4.69, 9.17) is 9.47 Å². The molecule has 1 aromatic heterocycles. The van der Waals surface area contributed by atoms with E-state index in [1.165, 1.54) is 23.8 Å². The van der Waals surface area contributed by atoms with Gasteiger partial charge in [0.2, 0.25) is 5.95 Å². The molecule has 0 radical (unpaired) electrons. The molecule has 150 valence electrons. The first-order chi connectivity index (χ1) is 14.1. The van der Waals surface area contributed by atoms with Crippen LogP contribution >= 0.6 is 0 Å². The van der Waals surface area contributed by atoms with Crippen LogP contribution in [0, 0.1) is 11.6 Å². The predicted octanol–water partition coefficient (Wildman–Crippen LogP) is 4.08. The zero-order valence-electron chi connectivity index (χ0n) is 16.1. The summed E-state index contributed by atoms with van der Waals surface area (Å²) in [6, 6.07) is 9.22. The highest BCUT2D eigenvalue weighted by Crippen LogP contribution is 2.34. The Labute approximate surface area is 167 Å². The van der Waals surface area contributed by atoms with Crippen molar-refractivity contribution in [2.75, 3.05) is 31.0 Å². The second-order valence-electron chi connectivity index (χ2n) is 6.61. The van der Waals surface area contributed by atoms with Crippen LogP contribution in [0.25, 0.3) is 0 Å². The molecule has 1 aliphatic heterocycles. The summed E-state index contributed by atoms with van der Waals surface area (Å²) in [5.41, 5.74) is 2.04. The van der Waals surface area contributed by atoms with Crippen molar-refractivity contribution in [3.05, 3.63) is 65.4 Å². The minimum absolute atomic E-state index is 0.238. The van der Waals surface area contributed by atoms with Crippen molar-refractivity contribution in [1.29, 1.82) is 0 Å². The van der Waals surface area contributed by atoms with Crippen LogP contribution in [-0.2, 0) is 13.0 Å². The summed E-state index contributed by atoms with van der Waals surface area (Å²) in [4.78, 5) is 10.8. The van der Waals surface area contributed by atoms with Crippen LogP contribution in [0.1, 0.15) is 11.1 Å². The van der Waals surface area contributed by atoms with Gasteiger partial charge in [-0.25, -0.2) is 13.8 Å². The van der Waals surface area contributed by atoms with Gasteiger partial charge in [0.1, 0.15) is 23.1 Å². The zero-order chi connectivity index (χ0) is 20.4. The lowest BCUT2D eigenvalue weighted by molar-refractivity contribution is 0.353. The number of fused-ring (bicyclic) bond motifs is 1. The lowest BCUT2D eigenvalue weighted by Gasteiger charge is -2.29. The van der Waals surface area contributed by atoms with E-state index < -0.39 is 11.6 Å². The molecular weight excluding hydrogens is 378 g/mol. The van der Waals surface area contributed by atoms with Gasteiger partial charge in [0.15, 0.2) is 11.5 Å². The Morgan fingerprint density at radius 3 is 2.38 bits per heavy atom. The molecule has 4 rings (SSSR count). The third kappa shape index (κ3) is 3.78.